The van der Waals surface area contributed by atoms with E-state index in [0.29, 0.717) is 0 Å². The third-order valence-electron chi connectivity index (χ3n) is 8.29. The Morgan fingerprint density at radius 2 is 0.974 bits per heavy atom. The summed E-state index contributed by atoms with van der Waals surface area (Å²) in [6.07, 6.45) is 0.960. The van der Waals surface area contributed by atoms with Gasteiger partial charge in [-0.2, -0.15) is 0 Å². The summed E-state index contributed by atoms with van der Waals surface area (Å²) in [6.45, 7) is 5.02. The largest absolute Gasteiger partial charge is 0.113 e. The highest BCUT2D eigenvalue weighted by Crippen LogP contribution is 2.32. The minimum Gasteiger partial charge on any atom is -0.0622 e. The van der Waals surface area contributed by atoms with Gasteiger partial charge in [0.15, 0.2) is 0 Å². The maximum absolute atomic E-state index is 2.51. The van der Waals surface area contributed by atoms with E-state index in [4.69, 9.17) is 0 Å². The zero-order valence-corrected chi connectivity index (χ0v) is 22.9. The predicted molar refractivity (Wildman–Crippen MR) is 166 cm³/mol. The van der Waals surface area contributed by atoms with Crippen LogP contribution in [0, 0.1) is 0 Å². The van der Waals surface area contributed by atoms with E-state index in [2.05, 4.69) is 147 Å². The van der Waals surface area contributed by atoms with E-state index in [1.54, 1.807) is 10.4 Å². The molecule has 38 heavy (non-hydrogen) atoms. The lowest BCUT2D eigenvalue weighted by Crippen LogP contribution is -2.49. The van der Waals surface area contributed by atoms with Crippen LogP contribution in [0.1, 0.15) is 11.1 Å². The molecule has 0 N–H and O–H groups in total. The molecule has 0 atom stereocenters. The number of hydrogen-bond donors (Lipinski definition) is 0. The Balaban J connectivity index is 1.16. The Bertz CT molecular complexity index is 1790. The van der Waals surface area contributed by atoms with Crippen molar-refractivity contribution in [2.75, 3.05) is 0 Å². The molecule has 1 aliphatic rings. The molecule has 0 aliphatic carbocycles. The topological polar surface area (TPSA) is 0 Å². The van der Waals surface area contributed by atoms with Gasteiger partial charge in [-0.15, -0.1) is 0 Å². The Kier molecular flexibility index (Phi) is 5.42. The second-order valence-electron chi connectivity index (χ2n) is 11.1. The SMILES string of the molecule is C[Si]1(C)c2cc(Cc3ccc(-c4ccc5ccccc5c4)cc3)ccc2-c2ccc(-c3ccccc3)cc21. The molecular weight excluding hydrogens is 472 g/mol. The first-order valence-electron chi connectivity index (χ1n) is 13.5. The fraction of sp³-hybridized carbons (Fsp3) is 0.0811. The van der Waals surface area contributed by atoms with Gasteiger partial charge in [-0.25, -0.2) is 0 Å². The van der Waals surface area contributed by atoms with Gasteiger partial charge >= 0.3 is 0 Å². The van der Waals surface area contributed by atoms with Gasteiger partial charge in [0.25, 0.3) is 0 Å². The minimum atomic E-state index is -1.77. The molecule has 0 spiro atoms. The van der Waals surface area contributed by atoms with Gasteiger partial charge in [-0.1, -0.05) is 140 Å². The smallest absolute Gasteiger partial charge is 0.0622 e. The van der Waals surface area contributed by atoms with Gasteiger partial charge in [0.1, 0.15) is 8.07 Å². The van der Waals surface area contributed by atoms with Crippen molar-refractivity contribution in [1.29, 1.82) is 0 Å². The van der Waals surface area contributed by atoms with Crippen LogP contribution in [0.25, 0.3) is 44.2 Å². The average Bonchev–Trinajstić information content (AvgIpc) is 3.19. The van der Waals surface area contributed by atoms with Crippen LogP contribution in [-0.2, 0) is 6.42 Å². The van der Waals surface area contributed by atoms with Crippen molar-refractivity contribution in [2.24, 2.45) is 0 Å². The Hall–Kier alpha value is -4.20. The first kappa shape index (κ1) is 23.0. The van der Waals surface area contributed by atoms with Crippen LogP contribution in [-0.4, -0.2) is 8.07 Å². The number of benzene rings is 6. The van der Waals surface area contributed by atoms with Crippen molar-refractivity contribution in [3.63, 3.8) is 0 Å². The van der Waals surface area contributed by atoms with Crippen molar-refractivity contribution >= 4 is 29.2 Å². The lowest BCUT2D eigenvalue weighted by atomic mass is 9.97. The molecule has 0 aromatic heterocycles. The van der Waals surface area contributed by atoms with Crippen LogP contribution in [0.4, 0.5) is 0 Å². The lowest BCUT2D eigenvalue weighted by Gasteiger charge is -2.20. The van der Waals surface area contributed by atoms with E-state index in [9.17, 15) is 0 Å². The van der Waals surface area contributed by atoms with Crippen LogP contribution >= 0.6 is 0 Å². The maximum atomic E-state index is 2.51. The zero-order valence-electron chi connectivity index (χ0n) is 21.9. The summed E-state index contributed by atoms with van der Waals surface area (Å²) in [4.78, 5) is 0. The third kappa shape index (κ3) is 3.91. The number of fused-ring (bicyclic) bond motifs is 4. The van der Waals surface area contributed by atoms with Gasteiger partial charge < -0.3 is 0 Å². The van der Waals surface area contributed by atoms with E-state index < -0.39 is 8.07 Å². The normalized spacial score (nSPS) is 13.3. The van der Waals surface area contributed by atoms with Crippen molar-refractivity contribution in [2.45, 2.75) is 19.5 Å². The summed E-state index contributed by atoms with van der Waals surface area (Å²) in [5.74, 6) is 0. The van der Waals surface area contributed by atoms with Crippen LogP contribution in [0.15, 0.2) is 133 Å². The Labute approximate surface area is 226 Å². The average molecular weight is 503 g/mol. The molecule has 7 rings (SSSR count). The molecule has 1 heteroatoms. The summed E-state index contributed by atoms with van der Waals surface area (Å²) < 4.78 is 0. The molecule has 182 valence electrons. The predicted octanol–water partition coefficient (Wildman–Crippen LogP) is 8.57. The Morgan fingerprint density at radius 3 is 1.76 bits per heavy atom. The zero-order chi connectivity index (χ0) is 25.7. The molecule has 0 saturated heterocycles. The van der Waals surface area contributed by atoms with Crippen molar-refractivity contribution < 1.29 is 0 Å². The lowest BCUT2D eigenvalue weighted by molar-refractivity contribution is 1.20. The molecule has 6 aromatic rings. The molecule has 1 heterocycles. The molecule has 0 fully saturated rings. The Morgan fingerprint density at radius 1 is 0.421 bits per heavy atom. The molecular formula is C37H30Si. The monoisotopic (exact) mass is 502 g/mol. The van der Waals surface area contributed by atoms with Gasteiger partial charge in [0.2, 0.25) is 0 Å². The standard InChI is InChI=1S/C37H30Si/c1-38(2)36-23-27(14-20-34(36)35-21-19-33(25-37(35)38)28-8-4-3-5-9-28)22-26-12-15-30(16-13-26)32-18-17-29-10-6-7-11-31(29)24-32/h3-21,23-25H,22H2,1-2H3. The van der Waals surface area contributed by atoms with Gasteiger partial charge in [-0.05, 0) is 78.1 Å². The first-order valence-corrected chi connectivity index (χ1v) is 16.5. The van der Waals surface area contributed by atoms with Crippen LogP contribution in [0.2, 0.25) is 13.1 Å². The number of rotatable bonds is 4. The van der Waals surface area contributed by atoms with Gasteiger partial charge in [-0.3, -0.25) is 0 Å². The summed E-state index contributed by atoms with van der Waals surface area (Å²) in [6, 6.07) is 49.5. The van der Waals surface area contributed by atoms with Crippen molar-refractivity contribution in [3.05, 3.63) is 145 Å². The fourth-order valence-corrected chi connectivity index (χ4v) is 9.26. The first-order chi connectivity index (χ1) is 18.6. The quantitative estimate of drug-likeness (QED) is 0.212. The minimum absolute atomic E-state index is 0.960. The maximum Gasteiger partial charge on any atom is 0.113 e. The second-order valence-corrected chi connectivity index (χ2v) is 15.4. The fourth-order valence-electron chi connectivity index (χ4n) is 6.12. The summed E-state index contributed by atoms with van der Waals surface area (Å²) in [5, 5.41) is 5.71. The summed E-state index contributed by atoms with van der Waals surface area (Å²) >= 11 is 0. The van der Waals surface area contributed by atoms with Crippen molar-refractivity contribution in [3.8, 4) is 33.4 Å². The molecule has 0 nitrogen and oxygen atoms in total. The van der Waals surface area contributed by atoms with E-state index in [0.717, 1.165) is 6.42 Å². The van der Waals surface area contributed by atoms with Gasteiger partial charge in [0.05, 0.1) is 0 Å². The molecule has 0 bridgehead atoms. The van der Waals surface area contributed by atoms with E-state index >= 15 is 0 Å². The summed E-state index contributed by atoms with van der Waals surface area (Å²) in [7, 11) is -1.77. The molecule has 6 aromatic carbocycles. The van der Waals surface area contributed by atoms with E-state index in [-0.39, 0.29) is 0 Å². The molecule has 0 amide bonds. The highest BCUT2D eigenvalue weighted by atomic mass is 28.3. The van der Waals surface area contributed by atoms with Crippen molar-refractivity contribution in [1.82, 2.24) is 0 Å². The highest BCUT2D eigenvalue weighted by molar-refractivity contribution is 7.03. The van der Waals surface area contributed by atoms with Crippen LogP contribution in [0.5, 0.6) is 0 Å². The molecule has 1 aliphatic heterocycles. The second kappa shape index (κ2) is 8.97. The van der Waals surface area contributed by atoms with Crippen LogP contribution < -0.4 is 10.4 Å². The van der Waals surface area contributed by atoms with Crippen LogP contribution in [0.3, 0.4) is 0 Å². The third-order valence-corrected chi connectivity index (χ3v) is 11.8. The van der Waals surface area contributed by atoms with Gasteiger partial charge in [0, 0.05) is 0 Å². The van der Waals surface area contributed by atoms with E-state index in [1.807, 2.05) is 0 Å². The molecule has 0 radical (unpaired) electrons. The molecule has 0 unspecified atom stereocenters. The van der Waals surface area contributed by atoms with E-state index in [1.165, 1.54) is 55.3 Å². The summed E-state index contributed by atoms with van der Waals surface area (Å²) in [5.41, 5.74) is 10.8. The molecule has 0 saturated carbocycles. The number of hydrogen-bond acceptors (Lipinski definition) is 0. The highest BCUT2D eigenvalue weighted by Gasteiger charge is 2.37.